The molecule has 0 aliphatic carbocycles. The van der Waals surface area contributed by atoms with Crippen LogP contribution in [0.25, 0.3) is 28.0 Å². The van der Waals surface area contributed by atoms with Gasteiger partial charge in [-0.1, -0.05) is 6.07 Å². The van der Waals surface area contributed by atoms with Gasteiger partial charge >= 0.3 is 12.3 Å². The van der Waals surface area contributed by atoms with Gasteiger partial charge < -0.3 is 19.3 Å². The van der Waals surface area contributed by atoms with E-state index in [1.807, 2.05) is 39.0 Å². The molecule has 0 N–H and O–H groups in total. The van der Waals surface area contributed by atoms with Crippen LogP contribution in [0.4, 0.5) is 23.8 Å². The Kier molecular flexibility index (Phi) is 7.60. The number of rotatable bonds is 5. The molecular formula is C27H31F3N8O3. The Morgan fingerprint density at radius 3 is 2.56 bits per heavy atom. The highest BCUT2D eigenvalue weighted by molar-refractivity contribution is 5.83. The second kappa shape index (κ2) is 11.0. The number of methoxy groups -OCH3 is 1. The van der Waals surface area contributed by atoms with E-state index in [2.05, 4.69) is 20.1 Å². The van der Waals surface area contributed by atoms with Crippen LogP contribution in [-0.2, 0) is 16.0 Å². The van der Waals surface area contributed by atoms with Crippen molar-refractivity contribution in [1.29, 1.82) is 0 Å². The van der Waals surface area contributed by atoms with Crippen molar-refractivity contribution in [2.75, 3.05) is 38.2 Å². The lowest BCUT2D eigenvalue weighted by molar-refractivity contribution is -0.142. The van der Waals surface area contributed by atoms with Crippen molar-refractivity contribution in [3.8, 4) is 17.1 Å². The number of fused-ring (bicyclic) bond motifs is 1. The standard InChI is InChI=1S/C27H31F3N8O3/c1-26(2,3)41-25(39)36-9-8-35(15-20(16-36)40-4)23-6-5-7-24(34-23)38-22-10-21(31-11-18(22)12-33-38)19-13-32-37(14-19)17-27(28,29)30/h5-7,10-14,20H,8-9,15-17H2,1-4H3/t20-/m1/s1. The van der Waals surface area contributed by atoms with Gasteiger partial charge in [0.15, 0.2) is 5.82 Å². The van der Waals surface area contributed by atoms with Crippen LogP contribution in [0, 0.1) is 0 Å². The molecule has 1 aliphatic rings. The Bertz CT molecular complexity index is 1530. The summed E-state index contributed by atoms with van der Waals surface area (Å²) in [4.78, 5) is 25.7. The second-order valence-corrected chi connectivity index (χ2v) is 10.8. The molecule has 0 aromatic carbocycles. The van der Waals surface area contributed by atoms with E-state index in [9.17, 15) is 18.0 Å². The molecular weight excluding hydrogens is 541 g/mol. The van der Waals surface area contributed by atoms with Gasteiger partial charge in [-0.05, 0) is 39.0 Å². The first kappa shape index (κ1) is 28.3. The lowest BCUT2D eigenvalue weighted by Gasteiger charge is -2.27. The molecule has 1 fully saturated rings. The summed E-state index contributed by atoms with van der Waals surface area (Å²) in [6.45, 7) is 6.17. The summed E-state index contributed by atoms with van der Waals surface area (Å²) >= 11 is 0. The first-order valence-corrected chi connectivity index (χ1v) is 13.0. The molecule has 1 aliphatic heterocycles. The van der Waals surface area contributed by atoms with Crippen molar-refractivity contribution in [3.05, 3.63) is 49.1 Å². The molecule has 11 nitrogen and oxygen atoms in total. The zero-order valence-electron chi connectivity index (χ0n) is 23.2. The van der Waals surface area contributed by atoms with Gasteiger partial charge in [-0.3, -0.25) is 9.67 Å². The van der Waals surface area contributed by atoms with E-state index < -0.39 is 18.3 Å². The van der Waals surface area contributed by atoms with Crippen molar-refractivity contribution in [2.24, 2.45) is 0 Å². The van der Waals surface area contributed by atoms with E-state index in [1.165, 1.54) is 12.4 Å². The minimum absolute atomic E-state index is 0.257. The Morgan fingerprint density at radius 1 is 1.05 bits per heavy atom. The molecule has 218 valence electrons. The predicted octanol–water partition coefficient (Wildman–Crippen LogP) is 4.31. The van der Waals surface area contributed by atoms with Gasteiger partial charge in [0.05, 0.1) is 36.3 Å². The Morgan fingerprint density at radius 2 is 1.83 bits per heavy atom. The normalized spacial score (nSPS) is 16.7. The van der Waals surface area contributed by atoms with E-state index in [1.54, 1.807) is 35.2 Å². The number of pyridine rings is 2. The smallest absolute Gasteiger partial charge is 0.410 e. The maximum atomic E-state index is 12.8. The number of ether oxygens (including phenoxy) is 2. The number of carbonyl (C=O) groups excluding carboxylic acids is 1. The van der Waals surface area contributed by atoms with E-state index in [4.69, 9.17) is 14.5 Å². The number of carbonyl (C=O) groups is 1. The summed E-state index contributed by atoms with van der Waals surface area (Å²) in [6, 6.07) is 7.31. The third-order valence-corrected chi connectivity index (χ3v) is 6.46. The van der Waals surface area contributed by atoms with Gasteiger partial charge in [0, 0.05) is 50.1 Å². The summed E-state index contributed by atoms with van der Waals surface area (Å²) in [7, 11) is 1.61. The topological polar surface area (TPSA) is 103 Å². The number of halogens is 3. The molecule has 5 rings (SSSR count). The highest BCUT2D eigenvalue weighted by atomic mass is 19.4. The van der Waals surface area contributed by atoms with Gasteiger partial charge in [0.25, 0.3) is 0 Å². The van der Waals surface area contributed by atoms with Crippen molar-refractivity contribution in [2.45, 2.75) is 45.2 Å². The molecule has 4 aromatic rings. The second-order valence-electron chi connectivity index (χ2n) is 10.8. The third-order valence-electron chi connectivity index (χ3n) is 6.46. The molecule has 1 amide bonds. The monoisotopic (exact) mass is 572 g/mol. The SMILES string of the molecule is CO[C@H]1CN(C(=O)OC(C)(C)C)CCN(c2cccc(-n3ncc4cnc(-c5cnn(CC(F)(F)F)c5)cc43)n2)C1. The minimum Gasteiger partial charge on any atom is -0.444 e. The molecule has 0 saturated carbocycles. The maximum Gasteiger partial charge on any atom is 0.410 e. The molecule has 1 atom stereocenters. The van der Waals surface area contributed by atoms with E-state index in [0.717, 1.165) is 10.1 Å². The molecule has 0 unspecified atom stereocenters. The third kappa shape index (κ3) is 6.76. The van der Waals surface area contributed by atoms with Crippen LogP contribution in [-0.4, -0.2) is 91.7 Å². The molecule has 5 heterocycles. The number of aromatic nitrogens is 6. The molecule has 1 saturated heterocycles. The Balaban J connectivity index is 1.40. The summed E-state index contributed by atoms with van der Waals surface area (Å²) in [5.41, 5.74) is 0.995. The van der Waals surface area contributed by atoms with Crippen LogP contribution in [0.3, 0.4) is 0 Å². The largest absolute Gasteiger partial charge is 0.444 e. The average molecular weight is 573 g/mol. The van der Waals surface area contributed by atoms with E-state index in [0.29, 0.717) is 54.6 Å². The lowest BCUT2D eigenvalue weighted by atomic mass is 10.2. The van der Waals surface area contributed by atoms with Crippen molar-refractivity contribution >= 4 is 22.8 Å². The lowest BCUT2D eigenvalue weighted by Crippen LogP contribution is -2.41. The highest BCUT2D eigenvalue weighted by Crippen LogP contribution is 2.26. The highest BCUT2D eigenvalue weighted by Gasteiger charge is 2.30. The molecule has 0 radical (unpaired) electrons. The maximum absolute atomic E-state index is 12.8. The van der Waals surface area contributed by atoms with Gasteiger partial charge in [-0.2, -0.15) is 23.4 Å². The number of amides is 1. The van der Waals surface area contributed by atoms with Gasteiger partial charge in [-0.25, -0.2) is 14.5 Å². The zero-order chi connectivity index (χ0) is 29.4. The molecule has 14 heteroatoms. The first-order valence-electron chi connectivity index (χ1n) is 13.0. The zero-order valence-corrected chi connectivity index (χ0v) is 23.2. The predicted molar refractivity (Wildman–Crippen MR) is 145 cm³/mol. The number of hydrogen-bond acceptors (Lipinski definition) is 8. The average Bonchev–Trinajstić information content (AvgIpc) is 3.47. The van der Waals surface area contributed by atoms with Crippen LogP contribution in [0.2, 0.25) is 0 Å². The molecule has 4 aromatic heterocycles. The van der Waals surface area contributed by atoms with Crippen molar-refractivity contribution in [1.82, 2.24) is 34.4 Å². The fourth-order valence-corrected chi connectivity index (χ4v) is 4.56. The van der Waals surface area contributed by atoms with E-state index >= 15 is 0 Å². The summed E-state index contributed by atoms with van der Waals surface area (Å²) < 4.78 is 52.1. The van der Waals surface area contributed by atoms with Gasteiger partial charge in [0.2, 0.25) is 0 Å². The first-order chi connectivity index (χ1) is 19.4. The van der Waals surface area contributed by atoms with Gasteiger partial charge in [0.1, 0.15) is 18.0 Å². The number of anilines is 1. The molecule has 41 heavy (non-hydrogen) atoms. The Hall–Kier alpha value is -4.20. The number of hydrogen-bond donors (Lipinski definition) is 0. The number of alkyl halides is 3. The fourth-order valence-electron chi connectivity index (χ4n) is 4.56. The van der Waals surface area contributed by atoms with Crippen LogP contribution in [0.15, 0.2) is 49.1 Å². The molecule has 0 spiro atoms. The van der Waals surface area contributed by atoms with Crippen LogP contribution < -0.4 is 4.90 Å². The number of nitrogens with zero attached hydrogens (tertiary/aromatic N) is 8. The quantitative estimate of drug-likeness (QED) is 0.349. The molecule has 0 bridgehead atoms. The van der Waals surface area contributed by atoms with Crippen LogP contribution in [0.1, 0.15) is 20.8 Å². The summed E-state index contributed by atoms with van der Waals surface area (Å²) in [5.74, 6) is 1.23. The fraction of sp³-hybridized carbons (Fsp3) is 0.444. The van der Waals surface area contributed by atoms with Crippen LogP contribution >= 0.6 is 0 Å². The Labute approximate surface area is 234 Å². The van der Waals surface area contributed by atoms with Crippen molar-refractivity contribution in [3.63, 3.8) is 0 Å². The van der Waals surface area contributed by atoms with Crippen LogP contribution in [0.5, 0.6) is 0 Å². The van der Waals surface area contributed by atoms with Gasteiger partial charge in [-0.15, -0.1) is 0 Å². The summed E-state index contributed by atoms with van der Waals surface area (Å²) in [6.07, 6.45) is 0.911. The van der Waals surface area contributed by atoms with Crippen molar-refractivity contribution < 1.29 is 27.4 Å². The minimum atomic E-state index is -4.37. The van der Waals surface area contributed by atoms with E-state index in [-0.39, 0.29) is 12.2 Å². The summed E-state index contributed by atoms with van der Waals surface area (Å²) in [5, 5.41) is 9.05.